The van der Waals surface area contributed by atoms with Crippen LogP contribution in [-0.4, -0.2) is 16.3 Å². The van der Waals surface area contributed by atoms with E-state index in [-0.39, 0.29) is 0 Å². The lowest BCUT2D eigenvalue weighted by Crippen LogP contribution is -2.15. The standard InChI is InChI=1S/C15H20BrN3/c1-11(2)19-8-7-15(18-19)9-13(10-17)12-3-5-14(16)6-4-12/h3-8,11,13H,9-10,17H2,1-2H3. The Morgan fingerprint density at radius 2 is 1.89 bits per heavy atom. The predicted octanol–water partition coefficient (Wildman–Crippen LogP) is 3.51. The van der Waals surface area contributed by atoms with Gasteiger partial charge < -0.3 is 5.73 Å². The van der Waals surface area contributed by atoms with E-state index in [0.29, 0.717) is 18.5 Å². The molecule has 0 aliphatic carbocycles. The summed E-state index contributed by atoms with van der Waals surface area (Å²) in [5, 5.41) is 4.59. The Bertz CT molecular complexity index is 516. The average Bonchev–Trinajstić information content (AvgIpc) is 2.86. The molecule has 0 spiro atoms. The van der Waals surface area contributed by atoms with Crippen molar-refractivity contribution >= 4 is 15.9 Å². The molecule has 1 aromatic heterocycles. The Morgan fingerprint density at radius 3 is 2.42 bits per heavy atom. The van der Waals surface area contributed by atoms with Crippen molar-refractivity contribution in [2.45, 2.75) is 32.2 Å². The molecule has 3 nitrogen and oxygen atoms in total. The summed E-state index contributed by atoms with van der Waals surface area (Å²) in [6.07, 6.45) is 2.92. The fourth-order valence-corrected chi connectivity index (χ4v) is 2.36. The Balaban J connectivity index is 2.12. The van der Waals surface area contributed by atoms with Gasteiger partial charge in [0.2, 0.25) is 0 Å². The van der Waals surface area contributed by atoms with Gasteiger partial charge in [-0.2, -0.15) is 5.10 Å². The number of hydrogen-bond acceptors (Lipinski definition) is 2. The average molecular weight is 322 g/mol. The zero-order chi connectivity index (χ0) is 13.8. The molecule has 0 bridgehead atoms. The number of nitrogens with zero attached hydrogens (tertiary/aromatic N) is 2. The monoisotopic (exact) mass is 321 g/mol. The molecule has 0 radical (unpaired) electrons. The maximum Gasteiger partial charge on any atom is 0.0631 e. The zero-order valence-electron chi connectivity index (χ0n) is 11.4. The SMILES string of the molecule is CC(C)n1ccc(CC(CN)c2ccc(Br)cc2)n1. The van der Waals surface area contributed by atoms with Gasteiger partial charge in [-0.25, -0.2) is 0 Å². The van der Waals surface area contributed by atoms with Gasteiger partial charge >= 0.3 is 0 Å². The molecule has 0 fully saturated rings. The van der Waals surface area contributed by atoms with Crippen LogP contribution in [0, 0.1) is 0 Å². The van der Waals surface area contributed by atoms with Gasteiger partial charge in [0.15, 0.2) is 0 Å². The van der Waals surface area contributed by atoms with Crippen molar-refractivity contribution in [2.24, 2.45) is 5.73 Å². The molecule has 1 heterocycles. The zero-order valence-corrected chi connectivity index (χ0v) is 13.0. The third-order valence-corrected chi connectivity index (χ3v) is 3.80. The first-order valence-corrected chi connectivity index (χ1v) is 7.39. The molecule has 2 N–H and O–H groups in total. The predicted molar refractivity (Wildman–Crippen MR) is 82.3 cm³/mol. The van der Waals surface area contributed by atoms with Crippen molar-refractivity contribution < 1.29 is 0 Å². The fraction of sp³-hybridized carbons (Fsp3) is 0.400. The Hall–Kier alpha value is -1.13. The van der Waals surface area contributed by atoms with Crippen molar-refractivity contribution in [2.75, 3.05) is 6.54 Å². The van der Waals surface area contributed by atoms with E-state index in [1.807, 2.05) is 10.9 Å². The first-order chi connectivity index (χ1) is 9.10. The van der Waals surface area contributed by atoms with Gasteiger partial charge in [-0.3, -0.25) is 4.68 Å². The minimum absolute atomic E-state index is 0.323. The Morgan fingerprint density at radius 1 is 1.21 bits per heavy atom. The van der Waals surface area contributed by atoms with E-state index in [4.69, 9.17) is 5.73 Å². The van der Waals surface area contributed by atoms with Crippen LogP contribution in [0.3, 0.4) is 0 Å². The summed E-state index contributed by atoms with van der Waals surface area (Å²) in [5.41, 5.74) is 8.28. The van der Waals surface area contributed by atoms with Crippen LogP contribution < -0.4 is 5.73 Å². The molecular formula is C15H20BrN3. The highest BCUT2D eigenvalue weighted by atomic mass is 79.9. The first-order valence-electron chi connectivity index (χ1n) is 6.59. The second-order valence-corrected chi connectivity index (χ2v) is 5.98. The van der Waals surface area contributed by atoms with Crippen molar-refractivity contribution in [3.8, 4) is 0 Å². The molecular weight excluding hydrogens is 302 g/mol. The molecule has 4 heteroatoms. The summed E-state index contributed by atoms with van der Waals surface area (Å²) in [6, 6.07) is 10.9. The van der Waals surface area contributed by atoms with E-state index in [1.54, 1.807) is 0 Å². The van der Waals surface area contributed by atoms with Gasteiger partial charge in [0.25, 0.3) is 0 Å². The van der Waals surface area contributed by atoms with Crippen molar-refractivity contribution in [3.63, 3.8) is 0 Å². The van der Waals surface area contributed by atoms with Crippen LogP contribution in [0.15, 0.2) is 41.0 Å². The number of benzene rings is 1. The second kappa shape index (κ2) is 6.35. The number of hydrogen-bond donors (Lipinski definition) is 1. The van der Waals surface area contributed by atoms with E-state index < -0.39 is 0 Å². The minimum atomic E-state index is 0.323. The largest absolute Gasteiger partial charge is 0.330 e. The second-order valence-electron chi connectivity index (χ2n) is 5.07. The van der Waals surface area contributed by atoms with E-state index in [9.17, 15) is 0 Å². The molecule has 0 amide bonds. The lowest BCUT2D eigenvalue weighted by atomic mass is 9.94. The highest BCUT2D eigenvalue weighted by Gasteiger charge is 2.13. The molecule has 1 aromatic carbocycles. The molecule has 102 valence electrons. The molecule has 0 saturated heterocycles. The van der Waals surface area contributed by atoms with Crippen LogP contribution in [0.4, 0.5) is 0 Å². The maximum absolute atomic E-state index is 5.91. The van der Waals surface area contributed by atoms with Crippen molar-refractivity contribution in [1.29, 1.82) is 0 Å². The van der Waals surface area contributed by atoms with Crippen LogP contribution in [0.5, 0.6) is 0 Å². The van der Waals surface area contributed by atoms with Crippen LogP contribution in [0.25, 0.3) is 0 Å². The van der Waals surface area contributed by atoms with E-state index >= 15 is 0 Å². The highest BCUT2D eigenvalue weighted by Crippen LogP contribution is 2.21. The molecule has 0 saturated carbocycles. The summed E-state index contributed by atoms with van der Waals surface area (Å²) in [4.78, 5) is 0. The quantitative estimate of drug-likeness (QED) is 0.915. The molecule has 0 aliphatic rings. The first kappa shape index (κ1) is 14.3. The van der Waals surface area contributed by atoms with E-state index in [2.05, 4.69) is 65.2 Å². The van der Waals surface area contributed by atoms with Crippen LogP contribution >= 0.6 is 15.9 Å². The summed E-state index contributed by atoms with van der Waals surface area (Å²) >= 11 is 3.46. The van der Waals surface area contributed by atoms with Gasteiger partial charge in [0.05, 0.1) is 5.69 Å². The number of halogens is 1. The lowest BCUT2D eigenvalue weighted by Gasteiger charge is -2.14. The molecule has 2 aromatic rings. The molecule has 2 rings (SSSR count). The smallest absolute Gasteiger partial charge is 0.0631 e. The molecule has 1 unspecified atom stereocenters. The van der Waals surface area contributed by atoms with Gasteiger partial charge in [-0.1, -0.05) is 28.1 Å². The van der Waals surface area contributed by atoms with Gasteiger partial charge in [-0.15, -0.1) is 0 Å². The summed E-state index contributed by atoms with van der Waals surface area (Å²) < 4.78 is 3.08. The topological polar surface area (TPSA) is 43.8 Å². The van der Waals surface area contributed by atoms with E-state index in [0.717, 1.165) is 16.6 Å². The number of rotatable bonds is 5. The Kier molecular flexibility index (Phi) is 4.77. The van der Waals surface area contributed by atoms with Crippen molar-refractivity contribution in [1.82, 2.24) is 9.78 Å². The maximum atomic E-state index is 5.91. The molecule has 0 aliphatic heterocycles. The fourth-order valence-electron chi connectivity index (χ4n) is 2.10. The van der Waals surface area contributed by atoms with Crippen LogP contribution in [-0.2, 0) is 6.42 Å². The molecule has 1 atom stereocenters. The minimum Gasteiger partial charge on any atom is -0.330 e. The van der Waals surface area contributed by atoms with Gasteiger partial charge in [0.1, 0.15) is 0 Å². The number of aromatic nitrogens is 2. The summed E-state index contributed by atoms with van der Waals surface area (Å²) in [6.45, 7) is 4.90. The van der Waals surface area contributed by atoms with Crippen LogP contribution in [0.1, 0.15) is 37.1 Å². The molecule has 19 heavy (non-hydrogen) atoms. The normalized spacial score (nSPS) is 12.9. The summed E-state index contributed by atoms with van der Waals surface area (Å²) in [7, 11) is 0. The Labute approximate surface area is 122 Å². The van der Waals surface area contributed by atoms with Gasteiger partial charge in [0, 0.05) is 22.6 Å². The van der Waals surface area contributed by atoms with E-state index in [1.165, 1.54) is 5.56 Å². The van der Waals surface area contributed by atoms with Crippen LogP contribution in [0.2, 0.25) is 0 Å². The third-order valence-electron chi connectivity index (χ3n) is 3.27. The third kappa shape index (κ3) is 3.67. The van der Waals surface area contributed by atoms with Crippen molar-refractivity contribution in [3.05, 3.63) is 52.3 Å². The highest BCUT2D eigenvalue weighted by molar-refractivity contribution is 9.10. The van der Waals surface area contributed by atoms with Gasteiger partial charge in [-0.05, 0) is 50.6 Å². The number of nitrogens with two attached hydrogens (primary N) is 1. The summed E-state index contributed by atoms with van der Waals surface area (Å²) in [5.74, 6) is 0.323. The lowest BCUT2D eigenvalue weighted by molar-refractivity contribution is 0.522.